The molecule has 7 heteroatoms. The first kappa shape index (κ1) is 14.6. The average molecular weight is 323 g/mol. The Balaban J connectivity index is 1.60. The van der Waals surface area contributed by atoms with Crippen LogP contribution < -0.4 is 5.69 Å². The van der Waals surface area contributed by atoms with Crippen LogP contribution in [-0.4, -0.2) is 44.1 Å². The summed E-state index contributed by atoms with van der Waals surface area (Å²) in [5.41, 5.74) is 1.79. The Morgan fingerprint density at radius 2 is 2.12 bits per heavy atom. The number of aromatic amines is 2. The van der Waals surface area contributed by atoms with Crippen molar-refractivity contribution in [3.63, 3.8) is 0 Å². The Kier molecular flexibility index (Phi) is 3.60. The molecule has 1 fully saturated rings. The molecule has 1 aliphatic heterocycles. The number of nitrogens with one attached hydrogen (secondary N) is 2. The van der Waals surface area contributed by atoms with Crippen LogP contribution >= 0.6 is 0 Å². The minimum atomic E-state index is -0.353. The lowest BCUT2D eigenvalue weighted by atomic mass is 9.94. The summed E-state index contributed by atoms with van der Waals surface area (Å²) >= 11 is 0. The first-order chi connectivity index (χ1) is 11.7. The van der Waals surface area contributed by atoms with E-state index in [2.05, 4.69) is 20.2 Å². The number of hydrogen-bond donors (Lipinski definition) is 2. The Bertz CT molecular complexity index is 945. The number of fused-ring (bicyclic) bond motifs is 1. The molecule has 0 spiro atoms. The second-order valence-electron chi connectivity index (χ2n) is 6.04. The van der Waals surface area contributed by atoms with E-state index in [4.69, 9.17) is 0 Å². The number of benzene rings is 1. The molecule has 1 saturated heterocycles. The molecule has 0 unspecified atom stereocenters. The number of hydrogen-bond acceptors (Lipinski definition) is 4. The lowest BCUT2D eigenvalue weighted by Gasteiger charge is -2.32. The van der Waals surface area contributed by atoms with Crippen LogP contribution in [0.1, 0.15) is 34.9 Å². The van der Waals surface area contributed by atoms with Gasteiger partial charge in [-0.1, -0.05) is 18.2 Å². The molecule has 3 heterocycles. The van der Waals surface area contributed by atoms with Crippen molar-refractivity contribution < 1.29 is 4.79 Å². The van der Waals surface area contributed by atoms with Gasteiger partial charge in [0.15, 0.2) is 5.69 Å². The van der Waals surface area contributed by atoms with Gasteiger partial charge >= 0.3 is 5.69 Å². The fraction of sp³-hybridized carbons (Fsp3) is 0.294. The van der Waals surface area contributed by atoms with E-state index >= 15 is 0 Å². The highest BCUT2D eigenvalue weighted by Crippen LogP contribution is 2.26. The molecule has 0 bridgehead atoms. The number of likely N-dealkylation sites (tertiary alicyclic amines) is 1. The number of carbonyl (C=O) groups excluding carboxylic acids is 1. The van der Waals surface area contributed by atoms with Crippen LogP contribution in [0.5, 0.6) is 0 Å². The van der Waals surface area contributed by atoms with Crippen LogP contribution in [0.25, 0.3) is 10.9 Å². The largest absolute Gasteiger partial charge is 0.345 e. The summed E-state index contributed by atoms with van der Waals surface area (Å²) in [7, 11) is 0. The predicted molar refractivity (Wildman–Crippen MR) is 88.8 cm³/mol. The van der Waals surface area contributed by atoms with Gasteiger partial charge in [-0.2, -0.15) is 5.10 Å². The molecule has 1 amide bonds. The summed E-state index contributed by atoms with van der Waals surface area (Å²) in [6, 6.07) is 9.42. The summed E-state index contributed by atoms with van der Waals surface area (Å²) in [4.78, 5) is 32.5. The Hall–Kier alpha value is -2.96. The number of piperidine rings is 1. The summed E-state index contributed by atoms with van der Waals surface area (Å²) in [5, 5.41) is 7.94. The molecule has 1 aliphatic rings. The lowest BCUT2D eigenvalue weighted by molar-refractivity contribution is 0.0701. The van der Waals surface area contributed by atoms with E-state index < -0.39 is 0 Å². The fourth-order valence-corrected chi connectivity index (χ4v) is 3.31. The third-order valence-corrected chi connectivity index (χ3v) is 4.52. The molecule has 3 aromatic rings. The minimum Gasteiger partial charge on any atom is -0.337 e. The van der Waals surface area contributed by atoms with E-state index in [1.54, 1.807) is 0 Å². The Morgan fingerprint density at radius 3 is 3.00 bits per heavy atom. The second-order valence-corrected chi connectivity index (χ2v) is 6.04. The van der Waals surface area contributed by atoms with Crippen LogP contribution in [0.4, 0.5) is 0 Å². The number of amides is 1. The van der Waals surface area contributed by atoms with Crippen molar-refractivity contribution in [3.05, 3.63) is 58.4 Å². The van der Waals surface area contributed by atoms with Gasteiger partial charge in [0.25, 0.3) is 5.91 Å². The highest BCUT2D eigenvalue weighted by Gasteiger charge is 2.28. The topological polar surface area (TPSA) is 94.7 Å². The van der Waals surface area contributed by atoms with Crippen LogP contribution in [0.2, 0.25) is 0 Å². The smallest absolute Gasteiger partial charge is 0.337 e. The van der Waals surface area contributed by atoms with Crippen molar-refractivity contribution in [2.24, 2.45) is 0 Å². The zero-order valence-electron chi connectivity index (χ0n) is 13.0. The Labute approximate surface area is 137 Å². The van der Waals surface area contributed by atoms with Gasteiger partial charge < -0.3 is 9.88 Å². The maximum atomic E-state index is 12.9. The van der Waals surface area contributed by atoms with Gasteiger partial charge in [0, 0.05) is 36.3 Å². The number of nitrogens with zero attached hydrogens (tertiary/aromatic N) is 3. The number of para-hydroxylation sites is 1. The van der Waals surface area contributed by atoms with Crippen LogP contribution in [0, 0.1) is 0 Å². The number of rotatable bonds is 2. The monoisotopic (exact) mass is 323 g/mol. The standard InChI is InChI=1S/C17H17N5O2/c23-16(15-12-5-1-2-6-14(12)20-21-15)22-9-3-4-11(10-22)13-7-8-18-17(24)19-13/h1-2,5-8,11H,3-4,9-10H2,(H,20,21)(H,18,19,24)/t11-/m1/s1. The van der Waals surface area contributed by atoms with Crippen molar-refractivity contribution in [3.8, 4) is 0 Å². The van der Waals surface area contributed by atoms with Gasteiger partial charge in [0.05, 0.1) is 5.52 Å². The summed E-state index contributed by atoms with van der Waals surface area (Å²) in [5.74, 6) is 0.0390. The first-order valence-electron chi connectivity index (χ1n) is 8.00. The van der Waals surface area contributed by atoms with E-state index in [1.807, 2.05) is 35.2 Å². The molecule has 2 aromatic heterocycles. The average Bonchev–Trinajstić information content (AvgIpc) is 3.05. The summed E-state index contributed by atoms with van der Waals surface area (Å²) in [6.45, 7) is 1.27. The van der Waals surface area contributed by atoms with Gasteiger partial charge in [0.2, 0.25) is 0 Å². The molecule has 0 saturated carbocycles. The number of carbonyl (C=O) groups is 1. The van der Waals surface area contributed by atoms with Crippen LogP contribution in [0.3, 0.4) is 0 Å². The number of H-pyrrole nitrogens is 2. The van der Waals surface area contributed by atoms with Gasteiger partial charge in [-0.05, 0) is 25.0 Å². The summed E-state index contributed by atoms with van der Waals surface area (Å²) in [6.07, 6.45) is 3.34. The van der Waals surface area contributed by atoms with Crippen LogP contribution in [-0.2, 0) is 0 Å². The van der Waals surface area contributed by atoms with Crippen molar-refractivity contribution in [1.82, 2.24) is 25.1 Å². The second kappa shape index (κ2) is 5.92. The minimum absolute atomic E-state index is 0.0754. The zero-order valence-corrected chi connectivity index (χ0v) is 13.0. The molecule has 7 nitrogen and oxygen atoms in total. The van der Waals surface area contributed by atoms with Gasteiger partial charge in [0.1, 0.15) is 0 Å². The van der Waals surface area contributed by atoms with E-state index in [0.29, 0.717) is 18.8 Å². The molecular weight excluding hydrogens is 306 g/mol. The van der Waals surface area contributed by atoms with Crippen molar-refractivity contribution in [1.29, 1.82) is 0 Å². The lowest BCUT2D eigenvalue weighted by Crippen LogP contribution is -2.39. The van der Waals surface area contributed by atoms with E-state index in [-0.39, 0.29) is 17.5 Å². The van der Waals surface area contributed by atoms with Crippen molar-refractivity contribution >= 4 is 16.8 Å². The molecule has 0 aliphatic carbocycles. The molecule has 24 heavy (non-hydrogen) atoms. The maximum Gasteiger partial charge on any atom is 0.345 e. The van der Waals surface area contributed by atoms with Gasteiger partial charge in [-0.15, -0.1) is 0 Å². The van der Waals surface area contributed by atoms with Gasteiger partial charge in [-0.3, -0.25) is 9.89 Å². The molecule has 0 radical (unpaired) electrons. The molecule has 122 valence electrons. The molecule has 2 N–H and O–H groups in total. The van der Waals surface area contributed by atoms with E-state index in [1.165, 1.54) is 6.20 Å². The molecule has 4 rings (SSSR count). The van der Waals surface area contributed by atoms with Crippen molar-refractivity contribution in [2.45, 2.75) is 18.8 Å². The van der Waals surface area contributed by atoms with E-state index in [9.17, 15) is 9.59 Å². The molecular formula is C17H17N5O2. The normalized spacial score (nSPS) is 18.0. The SMILES string of the molecule is O=C(c1n[nH]c2ccccc12)N1CCC[C@@H](c2ccnc(=O)[nH]2)C1. The van der Waals surface area contributed by atoms with Gasteiger partial charge in [-0.25, -0.2) is 9.78 Å². The van der Waals surface area contributed by atoms with Crippen LogP contribution in [0.15, 0.2) is 41.3 Å². The Morgan fingerprint density at radius 1 is 1.25 bits per heavy atom. The quantitative estimate of drug-likeness (QED) is 0.750. The molecule has 1 atom stereocenters. The number of aromatic nitrogens is 4. The maximum absolute atomic E-state index is 12.9. The highest BCUT2D eigenvalue weighted by atomic mass is 16.2. The zero-order chi connectivity index (χ0) is 16.5. The highest BCUT2D eigenvalue weighted by molar-refractivity contribution is 6.04. The summed E-state index contributed by atoms with van der Waals surface area (Å²) < 4.78 is 0. The third-order valence-electron chi connectivity index (χ3n) is 4.52. The molecule has 1 aromatic carbocycles. The fourth-order valence-electron chi connectivity index (χ4n) is 3.31. The predicted octanol–water partition coefficient (Wildman–Crippen LogP) is 1.67. The van der Waals surface area contributed by atoms with E-state index in [0.717, 1.165) is 29.4 Å². The van der Waals surface area contributed by atoms with Crippen molar-refractivity contribution in [2.75, 3.05) is 13.1 Å². The third kappa shape index (κ3) is 2.58. The first-order valence-corrected chi connectivity index (χ1v) is 8.00.